The first-order valence-electron chi connectivity index (χ1n) is 6.20. The molecule has 88 valence electrons. The van der Waals surface area contributed by atoms with Crippen molar-refractivity contribution < 1.29 is 4.74 Å². The lowest BCUT2D eigenvalue weighted by Crippen LogP contribution is -2.25. The predicted molar refractivity (Wildman–Crippen MR) is 64.5 cm³/mol. The van der Waals surface area contributed by atoms with Crippen molar-refractivity contribution in [2.45, 2.75) is 45.3 Å². The highest BCUT2D eigenvalue weighted by Crippen LogP contribution is 2.26. The van der Waals surface area contributed by atoms with Crippen LogP contribution in [0.2, 0.25) is 0 Å². The molecule has 3 heteroatoms. The van der Waals surface area contributed by atoms with E-state index in [0.29, 0.717) is 6.10 Å². The average molecular weight is 220 g/mol. The molecule has 1 aromatic rings. The minimum atomic E-state index is 0.437. The van der Waals surface area contributed by atoms with Crippen LogP contribution in [0.25, 0.3) is 0 Å². The highest BCUT2D eigenvalue weighted by atomic mass is 16.5. The molecule has 1 aromatic heterocycles. The standard InChI is InChI=1S/C13H20N2O/c1-2-7-14-9-11-10-15-8-6-13(11)16-12-4-3-5-12/h6,8,10,12,14H,2-5,7,9H2,1H3. The first-order valence-corrected chi connectivity index (χ1v) is 6.20. The maximum absolute atomic E-state index is 5.93. The van der Waals surface area contributed by atoms with Crippen molar-refractivity contribution in [1.29, 1.82) is 0 Å². The molecule has 0 radical (unpaired) electrons. The lowest BCUT2D eigenvalue weighted by Gasteiger charge is -2.27. The topological polar surface area (TPSA) is 34.2 Å². The number of aromatic nitrogens is 1. The van der Waals surface area contributed by atoms with Crippen molar-refractivity contribution in [2.24, 2.45) is 0 Å². The second-order valence-corrected chi connectivity index (χ2v) is 4.33. The second kappa shape index (κ2) is 5.85. The molecule has 1 saturated carbocycles. The van der Waals surface area contributed by atoms with Crippen LogP contribution in [0.1, 0.15) is 38.2 Å². The Bertz CT molecular complexity index is 323. The van der Waals surface area contributed by atoms with E-state index in [0.717, 1.165) is 25.3 Å². The Morgan fingerprint density at radius 3 is 3.06 bits per heavy atom. The van der Waals surface area contributed by atoms with Crippen molar-refractivity contribution >= 4 is 0 Å². The zero-order valence-electron chi connectivity index (χ0n) is 9.91. The molecule has 2 rings (SSSR count). The Balaban J connectivity index is 1.92. The third kappa shape index (κ3) is 2.95. The molecule has 1 N–H and O–H groups in total. The summed E-state index contributed by atoms with van der Waals surface area (Å²) in [5.41, 5.74) is 1.17. The molecule has 0 aromatic carbocycles. The fraction of sp³-hybridized carbons (Fsp3) is 0.615. The highest BCUT2D eigenvalue weighted by molar-refractivity contribution is 5.30. The van der Waals surface area contributed by atoms with E-state index in [-0.39, 0.29) is 0 Å². The third-order valence-electron chi connectivity index (χ3n) is 2.95. The molecular weight excluding hydrogens is 200 g/mol. The SMILES string of the molecule is CCCNCc1cnccc1OC1CCC1. The van der Waals surface area contributed by atoms with E-state index >= 15 is 0 Å². The predicted octanol–water partition coefficient (Wildman–Crippen LogP) is 2.51. The van der Waals surface area contributed by atoms with Crippen molar-refractivity contribution in [3.8, 4) is 5.75 Å². The van der Waals surface area contributed by atoms with Crippen LogP contribution in [-0.4, -0.2) is 17.6 Å². The summed E-state index contributed by atoms with van der Waals surface area (Å²) in [6.07, 6.45) is 8.99. The third-order valence-corrected chi connectivity index (χ3v) is 2.95. The summed E-state index contributed by atoms with van der Waals surface area (Å²) in [6, 6.07) is 1.97. The van der Waals surface area contributed by atoms with Crippen LogP contribution in [0.15, 0.2) is 18.5 Å². The summed E-state index contributed by atoms with van der Waals surface area (Å²) in [4.78, 5) is 4.16. The zero-order chi connectivity index (χ0) is 11.2. The van der Waals surface area contributed by atoms with Crippen LogP contribution < -0.4 is 10.1 Å². The van der Waals surface area contributed by atoms with Gasteiger partial charge in [-0.2, -0.15) is 0 Å². The van der Waals surface area contributed by atoms with Crippen molar-refractivity contribution in [3.63, 3.8) is 0 Å². The van der Waals surface area contributed by atoms with Gasteiger partial charge in [0.2, 0.25) is 0 Å². The van der Waals surface area contributed by atoms with Crippen LogP contribution in [0, 0.1) is 0 Å². The van der Waals surface area contributed by atoms with E-state index in [1.807, 2.05) is 12.3 Å². The minimum absolute atomic E-state index is 0.437. The Hall–Kier alpha value is -1.09. The molecule has 0 amide bonds. The van der Waals surface area contributed by atoms with Gasteiger partial charge < -0.3 is 10.1 Å². The molecule has 3 nitrogen and oxygen atoms in total. The molecule has 1 fully saturated rings. The van der Waals surface area contributed by atoms with Crippen LogP contribution in [0.4, 0.5) is 0 Å². The maximum atomic E-state index is 5.93. The van der Waals surface area contributed by atoms with Crippen LogP contribution >= 0.6 is 0 Å². The summed E-state index contributed by atoms with van der Waals surface area (Å²) in [5, 5.41) is 3.38. The van der Waals surface area contributed by atoms with Gasteiger partial charge in [-0.25, -0.2) is 0 Å². The number of hydrogen-bond donors (Lipinski definition) is 1. The summed E-state index contributed by atoms with van der Waals surface area (Å²) in [7, 11) is 0. The molecular formula is C13H20N2O. The number of ether oxygens (including phenoxy) is 1. The van der Waals surface area contributed by atoms with Gasteiger partial charge in [-0.1, -0.05) is 6.92 Å². The highest BCUT2D eigenvalue weighted by Gasteiger charge is 2.20. The van der Waals surface area contributed by atoms with Gasteiger partial charge in [0.25, 0.3) is 0 Å². The number of pyridine rings is 1. The molecule has 0 bridgehead atoms. The van der Waals surface area contributed by atoms with Gasteiger partial charge in [-0.15, -0.1) is 0 Å². The van der Waals surface area contributed by atoms with Crippen LogP contribution in [0.5, 0.6) is 5.75 Å². The van der Waals surface area contributed by atoms with Crippen molar-refractivity contribution in [1.82, 2.24) is 10.3 Å². The average Bonchev–Trinajstić information content (AvgIpc) is 2.25. The van der Waals surface area contributed by atoms with Gasteiger partial charge in [0.05, 0.1) is 6.10 Å². The van der Waals surface area contributed by atoms with Gasteiger partial charge in [0.15, 0.2) is 0 Å². The van der Waals surface area contributed by atoms with Gasteiger partial charge in [0, 0.05) is 24.5 Å². The van der Waals surface area contributed by atoms with Crippen molar-refractivity contribution in [3.05, 3.63) is 24.0 Å². The molecule has 1 aliphatic carbocycles. The molecule has 0 saturated heterocycles. The van der Waals surface area contributed by atoms with Crippen LogP contribution in [0.3, 0.4) is 0 Å². The number of nitrogens with one attached hydrogen (secondary N) is 1. The summed E-state index contributed by atoms with van der Waals surface area (Å²) in [6.45, 7) is 4.06. The lowest BCUT2D eigenvalue weighted by molar-refractivity contribution is 0.119. The molecule has 1 heterocycles. The first kappa shape index (κ1) is 11.4. The number of rotatable bonds is 6. The van der Waals surface area contributed by atoms with E-state index in [4.69, 9.17) is 4.74 Å². The number of hydrogen-bond acceptors (Lipinski definition) is 3. The van der Waals surface area contributed by atoms with E-state index in [2.05, 4.69) is 17.2 Å². The molecule has 0 unspecified atom stereocenters. The monoisotopic (exact) mass is 220 g/mol. The van der Waals surface area contributed by atoms with E-state index in [1.54, 1.807) is 6.20 Å². The Morgan fingerprint density at radius 1 is 1.50 bits per heavy atom. The molecule has 0 atom stereocenters. The van der Waals surface area contributed by atoms with Gasteiger partial charge in [-0.3, -0.25) is 4.98 Å². The largest absolute Gasteiger partial charge is 0.490 e. The van der Waals surface area contributed by atoms with E-state index < -0.39 is 0 Å². The summed E-state index contributed by atoms with van der Waals surface area (Å²) >= 11 is 0. The smallest absolute Gasteiger partial charge is 0.127 e. The summed E-state index contributed by atoms with van der Waals surface area (Å²) < 4.78 is 5.93. The normalized spacial score (nSPS) is 15.8. The Labute approximate surface area is 97.2 Å². The Morgan fingerprint density at radius 2 is 2.38 bits per heavy atom. The van der Waals surface area contributed by atoms with E-state index in [1.165, 1.54) is 24.8 Å². The Kier molecular flexibility index (Phi) is 4.17. The quantitative estimate of drug-likeness (QED) is 0.748. The van der Waals surface area contributed by atoms with Gasteiger partial charge in [0.1, 0.15) is 5.75 Å². The van der Waals surface area contributed by atoms with Crippen LogP contribution in [-0.2, 0) is 6.54 Å². The maximum Gasteiger partial charge on any atom is 0.127 e. The molecule has 16 heavy (non-hydrogen) atoms. The fourth-order valence-corrected chi connectivity index (χ4v) is 1.73. The zero-order valence-corrected chi connectivity index (χ0v) is 9.91. The van der Waals surface area contributed by atoms with E-state index in [9.17, 15) is 0 Å². The molecule has 0 spiro atoms. The first-order chi connectivity index (χ1) is 7.90. The number of nitrogens with zero attached hydrogens (tertiary/aromatic N) is 1. The second-order valence-electron chi connectivity index (χ2n) is 4.33. The van der Waals surface area contributed by atoms with Crippen molar-refractivity contribution in [2.75, 3.05) is 6.54 Å². The van der Waals surface area contributed by atoms with Gasteiger partial charge in [-0.05, 0) is 38.3 Å². The molecule has 0 aliphatic heterocycles. The lowest BCUT2D eigenvalue weighted by atomic mass is 9.96. The fourth-order valence-electron chi connectivity index (χ4n) is 1.73. The van der Waals surface area contributed by atoms with Gasteiger partial charge >= 0.3 is 0 Å². The minimum Gasteiger partial charge on any atom is -0.490 e. The molecule has 1 aliphatic rings. The summed E-state index contributed by atoms with van der Waals surface area (Å²) in [5.74, 6) is 1.00.